The molecule has 0 spiro atoms. The van der Waals surface area contributed by atoms with Gasteiger partial charge >= 0.3 is 0 Å². The number of hydrogen-bond donors (Lipinski definition) is 1. The summed E-state index contributed by atoms with van der Waals surface area (Å²) in [6.45, 7) is 4.61. The highest BCUT2D eigenvalue weighted by atomic mass is 127. The number of benzene rings is 2. The Bertz CT molecular complexity index is 1090. The summed E-state index contributed by atoms with van der Waals surface area (Å²) in [5, 5.41) is 3.36. The van der Waals surface area contributed by atoms with Crippen molar-refractivity contribution in [3.05, 3.63) is 73.9 Å². The molecule has 2 aromatic rings. The lowest BCUT2D eigenvalue weighted by Crippen LogP contribution is -2.44. The van der Waals surface area contributed by atoms with Crippen LogP contribution in [0.2, 0.25) is 0 Å². The molecule has 1 atom stereocenters. The van der Waals surface area contributed by atoms with Crippen LogP contribution in [0.4, 0.5) is 0 Å². The van der Waals surface area contributed by atoms with Crippen molar-refractivity contribution in [3.8, 4) is 0 Å². The Morgan fingerprint density at radius 2 is 1.84 bits per heavy atom. The van der Waals surface area contributed by atoms with Gasteiger partial charge in [-0.3, -0.25) is 19.3 Å². The van der Waals surface area contributed by atoms with Gasteiger partial charge in [0.15, 0.2) is 5.78 Å². The first kappa shape index (κ1) is 24.0. The Morgan fingerprint density at radius 1 is 1.12 bits per heavy atom. The number of halogens is 1. The van der Waals surface area contributed by atoms with Crippen LogP contribution in [0, 0.1) is 6.92 Å². The molecular formula is C25H25IN2O4. The fourth-order valence-electron chi connectivity index (χ4n) is 3.73. The van der Waals surface area contributed by atoms with Crippen molar-refractivity contribution in [2.45, 2.75) is 39.3 Å². The molecule has 166 valence electrons. The first-order chi connectivity index (χ1) is 15.3. The van der Waals surface area contributed by atoms with Gasteiger partial charge in [-0.25, -0.2) is 0 Å². The standard InChI is InChI=1S/C25H25IN2O4/c1-16-6-3-4-7-19(16)13-20(26)15-27-14-18-9-10-21-22(12-18)25(32)28(24(21)31)23(17(2)30)8-5-11-29/h3-4,6-7,9-13,23,27H,5,8,14-15H2,1-2H3/b20-13-. The molecule has 2 aromatic carbocycles. The highest BCUT2D eigenvalue weighted by molar-refractivity contribution is 14.1. The van der Waals surface area contributed by atoms with Crippen molar-refractivity contribution < 1.29 is 19.2 Å². The summed E-state index contributed by atoms with van der Waals surface area (Å²) in [6, 6.07) is 12.4. The van der Waals surface area contributed by atoms with E-state index in [2.05, 4.69) is 53.0 Å². The van der Waals surface area contributed by atoms with Gasteiger partial charge in [0, 0.05) is 23.1 Å². The van der Waals surface area contributed by atoms with E-state index < -0.39 is 17.9 Å². The van der Waals surface area contributed by atoms with Gasteiger partial charge in [-0.2, -0.15) is 0 Å². The number of aldehydes is 1. The third kappa shape index (κ3) is 5.39. The van der Waals surface area contributed by atoms with Crippen LogP contribution in [0.25, 0.3) is 6.08 Å². The van der Waals surface area contributed by atoms with Gasteiger partial charge in [0.2, 0.25) is 0 Å². The normalized spacial score (nSPS) is 14.5. The molecule has 6 nitrogen and oxygen atoms in total. The van der Waals surface area contributed by atoms with Crippen molar-refractivity contribution in [3.63, 3.8) is 0 Å². The molecule has 1 aliphatic heterocycles. The van der Waals surface area contributed by atoms with E-state index in [1.807, 2.05) is 18.2 Å². The van der Waals surface area contributed by atoms with Gasteiger partial charge in [0.1, 0.15) is 6.29 Å². The van der Waals surface area contributed by atoms with E-state index in [-0.39, 0.29) is 18.6 Å². The molecule has 0 aliphatic carbocycles. The Balaban J connectivity index is 1.68. The minimum absolute atomic E-state index is 0.113. The quantitative estimate of drug-likeness (QED) is 0.277. The number of aryl methyl sites for hydroxylation is 1. The Hall–Kier alpha value is -2.65. The van der Waals surface area contributed by atoms with Gasteiger partial charge < -0.3 is 10.1 Å². The van der Waals surface area contributed by atoms with Crippen LogP contribution in [-0.2, 0) is 16.1 Å². The third-order valence-corrected chi connectivity index (χ3v) is 6.14. The lowest BCUT2D eigenvalue weighted by Gasteiger charge is -2.23. The Morgan fingerprint density at radius 3 is 2.53 bits per heavy atom. The van der Waals surface area contributed by atoms with Crippen LogP contribution in [0.15, 0.2) is 46.0 Å². The lowest BCUT2D eigenvalue weighted by atomic mass is 10.1. The summed E-state index contributed by atoms with van der Waals surface area (Å²) in [5.74, 6) is -1.27. The number of fused-ring (bicyclic) bond motifs is 1. The van der Waals surface area contributed by atoms with E-state index in [0.29, 0.717) is 30.5 Å². The predicted molar refractivity (Wildman–Crippen MR) is 132 cm³/mol. The van der Waals surface area contributed by atoms with E-state index in [0.717, 1.165) is 14.0 Å². The zero-order valence-electron chi connectivity index (χ0n) is 18.1. The summed E-state index contributed by atoms with van der Waals surface area (Å²) in [5.41, 5.74) is 3.86. The second kappa shape index (κ2) is 10.8. The number of carbonyl (C=O) groups is 4. The lowest BCUT2D eigenvalue weighted by molar-refractivity contribution is -0.121. The van der Waals surface area contributed by atoms with Crippen LogP contribution < -0.4 is 5.32 Å². The smallest absolute Gasteiger partial charge is 0.262 e. The molecule has 0 saturated carbocycles. The zero-order valence-corrected chi connectivity index (χ0v) is 20.2. The molecule has 0 bridgehead atoms. The maximum atomic E-state index is 12.9. The second-order valence-corrected chi connectivity index (χ2v) is 9.17. The average molecular weight is 544 g/mol. The van der Waals surface area contributed by atoms with Crippen LogP contribution in [0.5, 0.6) is 0 Å². The summed E-state index contributed by atoms with van der Waals surface area (Å²) in [6.07, 6.45) is 3.07. The molecule has 32 heavy (non-hydrogen) atoms. The van der Waals surface area contributed by atoms with Crippen molar-refractivity contribution in [1.82, 2.24) is 10.2 Å². The number of nitrogens with zero attached hydrogens (tertiary/aromatic N) is 1. The summed E-state index contributed by atoms with van der Waals surface area (Å²) in [4.78, 5) is 49.4. The van der Waals surface area contributed by atoms with Crippen LogP contribution in [0.3, 0.4) is 0 Å². The predicted octanol–water partition coefficient (Wildman–Crippen LogP) is 4.09. The number of amides is 2. The Kier molecular flexibility index (Phi) is 8.09. The highest BCUT2D eigenvalue weighted by Crippen LogP contribution is 2.27. The molecule has 3 rings (SSSR count). The van der Waals surface area contributed by atoms with Crippen molar-refractivity contribution in [2.24, 2.45) is 0 Å². The minimum atomic E-state index is -0.915. The van der Waals surface area contributed by atoms with Gasteiger partial charge in [0.05, 0.1) is 17.2 Å². The second-order valence-electron chi connectivity index (χ2n) is 7.78. The molecule has 7 heteroatoms. The monoisotopic (exact) mass is 544 g/mol. The molecule has 1 heterocycles. The van der Waals surface area contributed by atoms with E-state index in [4.69, 9.17) is 0 Å². The van der Waals surface area contributed by atoms with Gasteiger partial charge in [-0.15, -0.1) is 0 Å². The molecule has 1 N–H and O–H groups in total. The zero-order chi connectivity index (χ0) is 23.3. The number of hydrogen-bond acceptors (Lipinski definition) is 5. The first-order valence-corrected chi connectivity index (χ1v) is 11.5. The summed E-state index contributed by atoms with van der Waals surface area (Å²) in [7, 11) is 0. The maximum Gasteiger partial charge on any atom is 0.262 e. The van der Waals surface area contributed by atoms with Crippen LogP contribution in [0.1, 0.15) is 57.2 Å². The average Bonchev–Trinajstić information content (AvgIpc) is 3.00. The summed E-state index contributed by atoms with van der Waals surface area (Å²) >= 11 is 2.30. The SMILES string of the molecule is CC(=O)C(CCC=O)N1C(=O)c2ccc(CNC/C(I)=C/c3ccccc3C)cc2C1=O. The van der Waals surface area contributed by atoms with E-state index >= 15 is 0 Å². The molecular weight excluding hydrogens is 519 g/mol. The minimum Gasteiger partial charge on any atom is -0.308 e. The first-order valence-electron chi connectivity index (χ1n) is 10.4. The van der Waals surface area contributed by atoms with E-state index in [1.165, 1.54) is 18.1 Å². The van der Waals surface area contributed by atoms with Crippen molar-refractivity contribution in [2.75, 3.05) is 6.54 Å². The molecule has 1 aliphatic rings. The molecule has 0 aromatic heterocycles. The largest absolute Gasteiger partial charge is 0.308 e. The molecule has 1 unspecified atom stereocenters. The Labute approximate surface area is 201 Å². The number of Topliss-reactive ketones (excluding diaryl/α,β-unsaturated/α-hetero) is 1. The van der Waals surface area contributed by atoms with Crippen LogP contribution >= 0.6 is 22.6 Å². The van der Waals surface area contributed by atoms with Gasteiger partial charge in [-0.05, 0) is 77.8 Å². The number of rotatable bonds is 10. The number of carbonyl (C=O) groups excluding carboxylic acids is 4. The van der Waals surface area contributed by atoms with E-state index in [9.17, 15) is 19.2 Å². The third-order valence-electron chi connectivity index (χ3n) is 5.44. The maximum absolute atomic E-state index is 12.9. The van der Waals surface area contributed by atoms with Crippen molar-refractivity contribution >= 4 is 52.6 Å². The number of imide groups is 1. The fourth-order valence-corrected chi connectivity index (χ4v) is 4.34. The van der Waals surface area contributed by atoms with Crippen LogP contribution in [-0.4, -0.2) is 41.4 Å². The van der Waals surface area contributed by atoms with Crippen molar-refractivity contribution in [1.29, 1.82) is 0 Å². The van der Waals surface area contributed by atoms with E-state index in [1.54, 1.807) is 12.1 Å². The topological polar surface area (TPSA) is 83.6 Å². The number of ketones is 1. The highest BCUT2D eigenvalue weighted by Gasteiger charge is 2.41. The van der Waals surface area contributed by atoms with Gasteiger partial charge in [0.25, 0.3) is 11.8 Å². The summed E-state index contributed by atoms with van der Waals surface area (Å²) < 4.78 is 1.15. The fraction of sp³-hybridized carbons (Fsp3) is 0.280. The molecule has 0 radical (unpaired) electrons. The number of nitrogens with one attached hydrogen (secondary N) is 1. The molecule has 0 saturated heterocycles. The molecule has 0 fully saturated rings. The van der Waals surface area contributed by atoms with Gasteiger partial charge in [-0.1, -0.05) is 30.3 Å². The molecule has 2 amide bonds.